The van der Waals surface area contributed by atoms with E-state index in [2.05, 4.69) is 22.1 Å². The van der Waals surface area contributed by atoms with Crippen molar-refractivity contribution in [1.29, 1.82) is 0 Å². The Labute approximate surface area is 157 Å². The summed E-state index contributed by atoms with van der Waals surface area (Å²) in [6.45, 7) is 1.49. The average molecular weight is 370 g/mol. The third-order valence-corrected chi connectivity index (χ3v) is 6.34. The Morgan fingerprint density at radius 2 is 2.12 bits per heavy atom. The third kappa shape index (κ3) is 3.52. The van der Waals surface area contributed by atoms with Gasteiger partial charge in [-0.3, -0.25) is 9.59 Å². The lowest BCUT2D eigenvalue weighted by Crippen LogP contribution is -3.14. The topological polar surface area (TPSA) is 62.6 Å². The molecule has 136 valence electrons. The maximum atomic E-state index is 12.6. The van der Waals surface area contributed by atoms with Gasteiger partial charge in [-0.1, -0.05) is 6.07 Å². The fourth-order valence-electron chi connectivity index (χ4n) is 3.99. The summed E-state index contributed by atoms with van der Waals surface area (Å²) < 4.78 is 0. The number of carbonyl (C=O) groups excluding carboxylic acids is 2. The maximum absolute atomic E-state index is 12.6. The molecule has 1 aromatic carbocycles. The van der Waals surface area contributed by atoms with Crippen LogP contribution in [0.2, 0.25) is 0 Å². The number of fused-ring (bicyclic) bond motifs is 1. The van der Waals surface area contributed by atoms with Crippen LogP contribution in [-0.4, -0.2) is 32.0 Å². The number of rotatable bonds is 5. The molecule has 26 heavy (non-hydrogen) atoms. The van der Waals surface area contributed by atoms with Gasteiger partial charge in [0.1, 0.15) is 6.04 Å². The van der Waals surface area contributed by atoms with E-state index in [1.807, 2.05) is 17.4 Å². The minimum Gasteiger partial charge on any atom is -0.355 e. The maximum Gasteiger partial charge on any atom is 0.279 e. The number of anilines is 1. The Bertz CT molecular complexity index is 828. The van der Waals surface area contributed by atoms with Crippen molar-refractivity contribution < 1.29 is 14.5 Å². The van der Waals surface area contributed by atoms with Gasteiger partial charge in [-0.15, -0.1) is 11.3 Å². The highest BCUT2D eigenvalue weighted by atomic mass is 32.1. The lowest BCUT2D eigenvalue weighted by atomic mass is 9.96. The summed E-state index contributed by atoms with van der Waals surface area (Å²) in [5, 5.41) is 7.76. The van der Waals surface area contributed by atoms with Gasteiger partial charge in [-0.25, -0.2) is 0 Å². The van der Waals surface area contributed by atoms with Gasteiger partial charge in [0.05, 0.1) is 6.54 Å². The smallest absolute Gasteiger partial charge is 0.279 e. The molecule has 4 rings (SSSR count). The Kier molecular flexibility index (Phi) is 4.78. The first-order valence-corrected chi connectivity index (χ1v) is 10.1. The van der Waals surface area contributed by atoms with E-state index in [-0.39, 0.29) is 11.8 Å². The van der Waals surface area contributed by atoms with Gasteiger partial charge in [0.25, 0.3) is 11.8 Å². The summed E-state index contributed by atoms with van der Waals surface area (Å²) in [5.74, 6) is 0.586. The molecule has 0 bridgehead atoms. The zero-order chi connectivity index (χ0) is 18.1. The van der Waals surface area contributed by atoms with Crippen LogP contribution in [0.5, 0.6) is 0 Å². The van der Waals surface area contributed by atoms with E-state index in [0.29, 0.717) is 23.8 Å². The van der Waals surface area contributed by atoms with Crippen molar-refractivity contribution in [2.45, 2.75) is 25.3 Å². The van der Waals surface area contributed by atoms with E-state index in [1.165, 1.54) is 28.2 Å². The summed E-state index contributed by atoms with van der Waals surface area (Å²) in [5.41, 5.74) is 2.69. The molecule has 1 unspecified atom stereocenters. The van der Waals surface area contributed by atoms with Gasteiger partial charge in [-0.05, 0) is 42.5 Å². The van der Waals surface area contributed by atoms with Crippen molar-refractivity contribution in [3.63, 3.8) is 0 Å². The summed E-state index contributed by atoms with van der Waals surface area (Å²) in [7, 11) is 1.60. The van der Waals surface area contributed by atoms with E-state index >= 15 is 0 Å². The van der Waals surface area contributed by atoms with Gasteiger partial charge >= 0.3 is 0 Å². The molecule has 0 spiro atoms. The molecule has 2 atom stereocenters. The predicted octanol–water partition coefficient (Wildman–Crippen LogP) is 1.64. The van der Waals surface area contributed by atoms with Crippen LogP contribution >= 0.6 is 11.3 Å². The van der Waals surface area contributed by atoms with Crippen LogP contribution in [0, 0.1) is 5.92 Å². The quantitative estimate of drug-likeness (QED) is 0.749. The minimum atomic E-state index is -0.151. The molecule has 3 N–H and O–H groups in total. The Hall–Kier alpha value is -2.18. The summed E-state index contributed by atoms with van der Waals surface area (Å²) in [6.07, 6.45) is 3.61. The molecule has 1 aliphatic carbocycles. The number of benzene rings is 1. The molecule has 2 aliphatic rings. The number of carbonyl (C=O) groups is 2. The molecule has 2 amide bonds. The highest BCUT2D eigenvalue weighted by molar-refractivity contribution is 7.10. The summed E-state index contributed by atoms with van der Waals surface area (Å²) >= 11 is 1.85. The van der Waals surface area contributed by atoms with Crippen molar-refractivity contribution in [1.82, 2.24) is 5.32 Å². The van der Waals surface area contributed by atoms with E-state index < -0.39 is 0 Å². The first kappa shape index (κ1) is 17.2. The summed E-state index contributed by atoms with van der Waals surface area (Å²) in [6, 6.07) is 9.80. The lowest BCUT2D eigenvalue weighted by Gasteiger charge is -2.32. The molecule has 1 fully saturated rings. The predicted molar refractivity (Wildman–Crippen MR) is 103 cm³/mol. The van der Waals surface area contributed by atoms with E-state index in [1.54, 1.807) is 25.2 Å². The second-order valence-corrected chi connectivity index (χ2v) is 8.16. The molecule has 6 heteroatoms. The molecule has 1 saturated carbocycles. The first-order valence-electron chi connectivity index (χ1n) is 9.18. The molecule has 0 saturated heterocycles. The first-order chi connectivity index (χ1) is 12.7. The van der Waals surface area contributed by atoms with Crippen LogP contribution in [-0.2, 0) is 11.2 Å². The Balaban J connectivity index is 1.44. The van der Waals surface area contributed by atoms with Crippen LogP contribution in [0.4, 0.5) is 5.69 Å². The third-order valence-electron chi connectivity index (χ3n) is 5.34. The minimum absolute atomic E-state index is 0.0124. The fourth-order valence-corrected chi connectivity index (χ4v) is 4.92. The average Bonchev–Trinajstić information content (AvgIpc) is 3.37. The van der Waals surface area contributed by atoms with Crippen molar-refractivity contribution >= 4 is 28.8 Å². The molecule has 5 nitrogen and oxygen atoms in total. The second-order valence-electron chi connectivity index (χ2n) is 7.16. The highest BCUT2D eigenvalue weighted by Crippen LogP contribution is 2.42. The van der Waals surface area contributed by atoms with Gasteiger partial charge in [0.2, 0.25) is 0 Å². The van der Waals surface area contributed by atoms with Gasteiger partial charge in [0, 0.05) is 41.1 Å². The van der Waals surface area contributed by atoms with Crippen molar-refractivity contribution in [2.24, 2.45) is 5.92 Å². The molecule has 1 aliphatic heterocycles. The number of thiophene rings is 1. The second kappa shape index (κ2) is 7.21. The Morgan fingerprint density at radius 3 is 2.88 bits per heavy atom. The van der Waals surface area contributed by atoms with Crippen LogP contribution in [0.25, 0.3) is 0 Å². The van der Waals surface area contributed by atoms with Crippen LogP contribution in [0.1, 0.15) is 39.7 Å². The van der Waals surface area contributed by atoms with Gasteiger partial charge in [0.15, 0.2) is 6.54 Å². The summed E-state index contributed by atoms with van der Waals surface area (Å²) in [4.78, 5) is 27.3. The number of amides is 2. The van der Waals surface area contributed by atoms with Crippen molar-refractivity contribution in [2.75, 3.05) is 25.5 Å². The van der Waals surface area contributed by atoms with E-state index in [0.717, 1.165) is 18.9 Å². The molecular weight excluding hydrogens is 346 g/mol. The van der Waals surface area contributed by atoms with Crippen molar-refractivity contribution in [3.8, 4) is 0 Å². The van der Waals surface area contributed by atoms with Crippen LogP contribution in [0.3, 0.4) is 0 Å². The zero-order valence-corrected chi connectivity index (χ0v) is 15.7. The normalized spacial score (nSPS) is 21.7. The number of hydrogen-bond acceptors (Lipinski definition) is 3. The van der Waals surface area contributed by atoms with Gasteiger partial charge < -0.3 is 15.5 Å². The van der Waals surface area contributed by atoms with Crippen LogP contribution in [0.15, 0.2) is 35.7 Å². The van der Waals surface area contributed by atoms with Crippen molar-refractivity contribution in [3.05, 3.63) is 51.7 Å². The monoisotopic (exact) mass is 370 g/mol. The number of quaternary nitrogens is 1. The molecule has 2 aromatic rings. The van der Waals surface area contributed by atoms with E-state index in [9.17, 15) is 9.59 Å². The van der Waals surface area contributed by atoms with Crippen LogP contribution < -0.4 is 15.5 Å². The van der Waals surface area contributed by atoms with Gasteiger partial charge in [-0.2, -0.15) is 0 Å². The lowest BCUT2D eigenvalue weighted by molar-refractivity contribution is -0.928. The molecule has 0 radical (unpaired) electrons. The van der Waals surface area contributed by atoms with E-state index in [4.69, 9.17) is 0 Å². The fraction of sp³-hybridized carbons (Fsp3) is 0.400. The number of hydrogen-bond donors (Lipinski definition) is 3. The highest BCUT2D eigenvalue weighted by Gasteiger charge is 2.43. The molecular formula is C20H24N3O2S+. The SMILES string of the molecule is CNC(=O)c1cccc(NC(=O)C[NH+]2CCc3sccc3[C@@H]2C2CC2)c1. The zero-order valence-electron chi connectivity index (χ0n) is 14.9. The molecule has 1 aromatic heterocycles. The standard InChI is InChI=1S/C20H23N3O2S/c1-21-20(25)14-3-2-4-15(11-14)22-18(24)12-23-9-7-17-16(8-10-26-17)19(23)13-5-6-13/h2-4,8,10-11,13,19H,5-7,9,12H2,1H3,(H,21,25)(H,22,24)/p+1/t19-/m0/s1. The molecule has 2 heterocycles. The Morgan fingerprint density at radius 1 is 1.27 bits per heavy atom. The number of nitrogens with one attached hydrogen (secondary N) is 3. The largest absolute Gasteiger partial charge is 0.355 e.